The van der Waals surface area contributed by atoms with Crippen molar-refractivity contribution in [1.82, 2.24) is 4.98 Å². The highest BCUT2D eigenvalue weighted by atomic mass is 32.1. The molecular weight excluding hydrogens is 182 g/mol. The molecule has 1 rings (SSSR count). The first-order valence-electron chi connectivity index (χ1n) is 4.51. The monoisotopic (exact) mass is 197 g/mol. The standard InChI is InChI=1S/C10H15NOS/c1-7(6-12)4-5-10-11-8(2)9(3)13-10/h6-7H,4-5H2,1-3H3. The van der Waals surface area contributed by atoms with Crippen molar-refractivity contribution < 1.29 is 4.79 Å². The van der Waals surface area contributed by atoms with Crippen LogP contribution in [0.25, 0.3) is 0 Å². The van der Waals surface area contributed by atoms with E-state index in [1.807, 2.05) is 13.8 Å². The summed E-state index contributed by atoms with van der Waals surface area (Å²) in [6.07, 6.45) is 2.85. The van der Waals surface area contributed by atoms with Crippen LogP contribution in [-0.2, 0) is 11.2 Å². The fraction of sp³-hybridized carbons (Fsp3) is 0.600. The lowest BCUT2D eigenvalue weighted by Crippen LogP contribution is -1.97. The van der Waals surface area contributed by atoms with Gasteiger partial charge < -0.3 is 4.79 Å². The highest BCUT2D eigenvalue weighted by Crippen LogP contribution is 2.18. The van der Waals surface area contributed by atoms with Gasteiger partial charge >= 0.3 is 0 Å². The predicted octanol–water partition coefficient (Wildman–Crippen LogP) is 2.53. The Bertz CT molecular complexity index is 274. The Morgan fingerprint density at radius 3 is 2.69 bits per heavy atom. The predicted molar refractivity (Wildman–Crippen MR) is 55.1 cm³/mol. The maximum atomic E-state index is 10.4. The van der Waals surface area contributed by atoms with Crippen molar-refractivity contribution in [3.63, 3.8) is 0 Å². The molecule has 3 heteroatoms. The Kier molecular flexibility index (Phi) is 3.60. The van der Waals surface area contributed by atoms with E-state index in [0.717, 1.165) is 29.8 Å². The van der Waals surface area contributed by atoms with Crippen LogP contribution in [0.3, 0.4) is 0 Å². The second-order valence-corrected chi connectivity index (χ2v) is 4.69. The van der Waals surface area contributed by atoms with Gasteiger partial charge in [-0.15, -0.1) is 11.3 Å². The number of nitrogens with zero attached hydrogens (tertiary/aromatic N) is 1. The normalized spacial score (nSPS) is 12.8. The van der Waals surface area contributed by atoms with E-state index in [1.54, 1.807) is 11.3 Å². The minimum absolute atomic E-state index is 0.157. The van der Waals surface area contributed by atoms with Gasteiger partial charge in [-0.2, -0.15) is 0 Å². The SMILES string of the molecule is Cc1nc(CCC(C)C=O)sc1C. The second kappa shape index (κ2) is 4.51. The number of rotatable bonds is 4. The molecule has 13 heavy (non-hydrogen) atoms. The fourth-order valence-corrected chi connectivity index (χ4v) is 2.01. The molecule has 0 aromatic carbocycles. The third-order valence-corrected chi connectivity index (χ3v) is 3.25. The van der Waals surface area contributed by atoms with Gasteiger partial charge in [-0.25, -0.2) is 4.98 Å². The summed E-state index contributed by atoms with van der Waals surface area (Å²) >= 11 is 1.74. The smallest absolute Gasteiger partial charge is 0.122 e. The highest BCUT2D eigenvalue weighted by molar-refractivity contribution is 7.11. The molecule has 0 aliphatic carbocycles. The second-order valence-electron chi connectivity index (χ2n) is 3.40. The summed E-state index contributed by atoms with van der Waals surface area (Å²) in [6, 6.07) is 0. The third-order valence-electron chi connectivity index (χ3n) is 2.12. The van der Waals surface area contributed by atoms with Crippen molar-refractivity contribution in [3.8, 4) is 0 Å². The summed E-state index contributed by atoms with van der Waals surface area (Å²) in [7, 11) is 0. The van der Waals surface area contributed by atoms with E-state index in [-0.39, 0.29) is 5.92 Å². The molecule has 0 amide bonds. The quantitative estimate of drug-likeness (QED) is 0.694. The lowest BCUT2D eigenvalue weighted by atomic mass is 10.1. The van der Waals surface area contributed by atoms with E-state index < -0.39 is 0 Å². The Labute approximate surface area is 83.0 Å². The maximum Gasteiger partial charge on any atom is 0.122 e. The van der Waals surface area contributed by atoms with Crippen LogP contribution in [0.15, 0.2) is 0 Å². The van der Waals surface area contributed by atoms with Gasteiger partial charge in [-0.3, -0.25) is 0 Å². The first kappa shape index (κ1) is 10.4. The highest BCUT2D eigenvalue weighted by Gasteiger charge is 2.05. The number of carbonyl (C=O) groups is 1. The number of hydrogen-bond donors (Lipinski definition) is 0. The van der Waals surface area contributed by atoms with Crippen molar-refractivity contribution in [2.45, 2.75) is 33.6 Å². The molecule has 1 atom stereocenters. The summed E-state index contributed by atoms with van der Waals surface area (Å²) in [5, 5.41) is 1.16. The Morgan fingerprint density at radius 1 is 1.54 bits per heavy atom. The molecule has 1 heterocycles. The molecule has 0 saturated heterocycles. The van der Waals surface area contributed by atoms with Crippen LogP contribution in [0.2, 0.25) is 0 Å². The molecule has 2 nitrogen and oxygen atoms in total. The van der Waals surface area contributed by atoms with Gasteiger partial charge in [0.2, 0.25) is 0 Å². The molecule has 0 radical (unpaired) electrons. The number of thiazole rings is 1. The summed E-state index contributed by atoms with van der Waals surface area (Å²) in [5.74, 6) is 0.157. The molecule has 0 aliphatic rings. The molecule has 0 saturated carbocycles. The first-order valence-corrected chi connectivity index (χ1v) is 5.33. The van der Waals surface area contributed by atoms with Crippen molar-refractivity contribution in [2.75, 3.05) is 0 Å². The van der Waals surface area contributed by atoms with Crippen molar-refractivity contribution in [2.24, 2.45) is 5.92 Å². The van der Waals surface area contributed by atoms with Crippen molar-refractivity contribution in [1.29, 1.82) is 0 Å². The number of carbonyl (C=O) groups excluding carboxylic acids is 1. The largest absolute Gasteiger partial charge is 0.303 e. The molecule has 1 aromatic rings. The third kappa shape index (κ3) is 2.92. The summed E-state index contributed by atoms with van der Waals surface area (Å²) < 4.78 is 0. The van der Waals surface area contributed by atoms with Gasteiger partial charge in [-0.05, 0) is 26.7 Å². The number of hydrogen-bond acceptors (Lipinski definition) is 3. The van der Waals surface area contributed by atoms with Gasteiger partial charge in [0.25, 0.3) is 0 Å². The van der Waals surface area contributed by atoms with Crippen molar-refractivity contribution in [3.05, 3.63) is 15.6 Å². The van der Waals surface area contributed by atoms with E-state index in [1.165, 1.54) is 4.88 Å². The van der Waals surface area contributed by atoms with Crippen LogP contribution < -0.4 is 0 Å². The van der Waals surface area contributed by atoms with E-state index in [2.05, 4.69) is 11.9 Å². The molecule has 0 spiro atoms. The fourth-order valence-electron chi connectivity index (χ4n) is 1.07. The van der Waals surface area contributed by atoms with E-state index >= 15 is 0 Å². The van der Waals surface area contributed by atoms with Gasteiger partial charge in [0, 0.05) is 10.8 Å². The van der Waals surface area contributed by atoms with Crippen molar-refractivity contribution >= 4 is 17.6 Å². The zero-order valence-corrected chi connectivity index (χ0v) is 9.15. The van der Waals surface area contributed by atoms with Crippen LogP contribution in [-0.4, -0.2) is 11.3 Å². The molecule has 1 aromatic heterocycles. The molecule has 1 unspecified atom stereocenters. The zero-order chi connectivity index (χ0) is 9.84. The lowest BCUT2D eigenvalue weighted by molar-refractivity contribution is -0.110. The minimum Gasteiger partial charge on any atom is -0.303 e. The topological polar surface area (TPSA) is 30.0 Å². The summed E-state index contributed by atoms with van der Waals surface area (Å²) in [5.41, 5.74) is 1.12. The van der Waals surface area contributed by atoms with Crippen LogP contribution in [0.5, 0.6) is 0 Å². The van der Waals surface area contributed by atoms with E-state index in [4.69, 9.17) is 0 Å². The first-order chi connectivity index (χ1) is 6.13. The van der Waals surface area contributed by atoms with Gasteiger partial charge in [-0.1, -0.05) is 6.92 Å². The van der Waals surface area contributed by atoms with E-state index in [0.29, 0.717) is 0 Å². The minimum atomic E-state index is 0.157. The number of aromatic nitrogens is 1. The zero-order valence-electron chi connectivity index (χ0n) is 8.33. The maximum absolute atomic E-state index is 10.4. The van der Waals surface area contributed by atoms with Gasteiger partial charge in [0.05, 0.1) is 10.7 Å². The van der Waals surface area contributed by atoms with E-state index in [9.17, 15) is 4.79 Å². The van der Waals surface area contributed by atoms with Gasteiger partial charge in [0.15, 0.2) is 0 Å². The van der Waals surface area contributed by atoms with Crippen LogP contribution in [0.4, 0.5) is 0 Å². The van der Waals surface area contributed by atoms with Gasteiger partial charge in [0.1, 0.15) is 6.29 Å². The Morgan fingerprint density at radius 2 is 2.23 bits per heavy atom. The van der Waals surface area contributed by atoms with Crippen LogP contribution in [0, 0.1) is 19.8 Å². The van der Waals surface area contributed by atoms with Crippen LogP contribution in [0.1, 0.15) is 28.9 Å². The molecule has 0 bridgehead atoms. The van der Waals surface area contributed by atoms with Crippen LogP contribution >= 0.6 is 11.3 Å². The molecular formula is C10H15NOS. The molecule has 0 N–H and O–H groups in total. The Balaban J connectivity index is 2.50. The summed E-state index contributed by atoms with van der Waals surface area (Å²) in [6.45, 7) is 6.05. The lowest BCUT2D eigenvalue weighted by Gasteiger charge is -1.98. The summed E-state index contributed by atoms with van der Waals surface area (Å²) in [4.78, 5) is 16.1. The Hall–Kier alpha value is -0.700. The number of aryl methyl sites for hydroxylation is 3. The average molecular weight is 197 g/mol. The molecule has 0 fully saturated rings. The molecule has 72 valence electrons. The average Bonchev–Trinajstić information content (AvgIpc) is 2.42. The number of aldehydes is 1. The molecule has 0 aliphatic heterocycles.